The summed E-state index contributed by atoms with van der Waals surface area (Å²) in [5, 5.41) is 6.02. The van der Waals surface area contributed by atoms with Gasteiger partial charge >= 0.3 is 0 Å². The van der Waals surface area contributed by atoms with E-state index in [1.54, 1.807) is 7.11 Å². The SMILES string of the molecule is CCCNC(=O)CNC(C)CC(C)(C)OC. The van der Waals surface area contributed by atoms with Crippen molar-refractivity contribution in [3.63, 3.8) is 0 Å². The molecule has 0 saturated carbocycles. The maximum atomic E-state index is 11.3. The van der Waals surface area contributed by atoms with E-state index in [0.717, 1.165) is 19.4 Å². The second-order valence-corrected chi connectivity index (χ2v) is 4.80. The van der Waals surface area contributed by atoms with Crippen LogP contribution < -0.4 is 10.6 Å². The van der Waals surface area contributed by atoms with Crippen LogP contribution in [0.25, 0.3) is 0 Å². The molecule has 0 bridgehead atoms. The van der Waals surface area contributed by atoms with Crippen molar-refractivity contribution in [2.75, 3.05) is 20.2 Å². The van der Waals surface area contributed by atoms with Gasteiger partial charge in [-0.1, -0.05) is 6.92 Å². The van der Waals surface area contributed by atoms with E-state index < -0.39 is 0 Å². The maximum Gasteiger partial charge on any atom is 0.233 e. The van der Waals surface area contributed by atoms with Crippen LogP contribution in [0.4, 0.5) is 0 Å². The standard InChI is InChI=1S/C12H26N2O2/c1-6-7-13-11(15)9-14-10(2)8-12(3,4)16-5/h10,14H,6-9H2,1-5H3,(H,13,15). The number of hydrogen-bond acceptors (Lipinski definition) is 3. The van der Waals surface area contributed by atoms with E-state index in [4.69, 9.17) is 4.74 Å². The zero-order chi connectivity index (χ0) is 12.6. The quantitative estimate of drug-likeness (QED) is 0.661. The Morgan fingerprint density at radius 3 is 2.56 bits per heavy atom. The predicted octanol–water partition coefficient (Wildman–Crippen LogP) is 1.31. The number of ether oxygens (including phenoxy) is 1. The number of carbonyl (C=O) groups is 1. The molecule has 0 aromatic rings. The van der Waals surface area contributed by atoms with Gasteiger partial charge in [-0.2, -0.15) is 0 Å². The van der Waals surface area contributed by atoms with Crippen LogP contribution in [0, 0.1) is 0 Å². The minimum Gasteiger partial charge on any atom is -0.379 e. The van der Waals surface area contributed by atoms with Gasteiger partial charge in [0.15, 0.2) is 0 Å². The summed E-state index contributed by atoms with van der Waals surface area (Å²) in [4.78, 5) is 11.3. The molecule has 0 aliphatic rings. The van der Waals surface area contributed by atoms with Crippen LogP contribution in [0.15, 0.2) is 0 Å². The fourth-order valence-corrected chi connectivity index (χ4v) is 1.49. The number of methoxy groups -OCH3 is 1. The second-order valence-electron chi connectivity index (χ2n) is 4.80. The highest BCUT2D eigenvalue weighted by Crippen LogP contribution is 2.14. The van der Waals surface area contributed by atoms with Crippen LogP contribution in [-0.2, 0) is 9.53 Å². The van der Waals surface area contributed by atoms with Crippen LogP contribution in [0.5, 0.6) is 0 Å². The molecule has 1 amide bonds. The highest BCUT2D eigenvalue weighted by Gasteiger charge is 2.20. The lowest BCUT2D eigenvalue weighted by molar-refractivity contribution is -0.120. The van der Waals surface area contributed by atoms with Crippen LogP contribution >= 0.6 is 0 Å². The van der Waals surface area contributed by atoms with Gasteiger partial charge < -0.3 is 15.4 Å². The van der Waals surface area contributed by atoms with Crippen LogP contribution in [0.1, 0.15) is 40.5 Å². The largest absolute Gasteiger partial charge is 0.379 e. The van der Waals surface area contributed by atoms with Gasteiger partial charge in [0, 0.05) is 19.7 Å². The molecule has 2 N–H and O–H groups in total. The molecule has 0 aromatic carbocycles. The molecule has 16 heavy (non-hydrogen) atoms. The molecular formula is C12H26N2O2. The van der Waals surface area contributed by atoms with Gasteiger partial charge in [-0.05, 0) is 33.6 Å². The van der Waals surface area contributed by atoms with Crippen molar-refractivity contribution in [3.05, 3.63) is 0 Å². The predicted molar refractivity (Wildman–Crippen MR) is 66.5 cm³/mol. The number of amides is 1. The summed E-state index contributed by atoms with van der Waals surface area (Å²) in [7, 11) is 1.71. The van der Waals surface area contributed by atoms with Crippen molar-refractivity contribution in [1.82, 2.24) is 10.6 Å². The third-order valence-electron chi connectivity index (χ3n) is 2.53. The first-order chi connectivity index (χ1) is 7.41. The Balaban J connectivity index is 3.72. The molecule has 0 radical (unpaired) electrons. The molecule has 0 heterocycles. The Morgan fingerprint density at radius 2 is 2.06 bits per heavy atom. The first-order valence-electron chi connectivity index (χ1n) is 5.96. The highest BCUT2D eigenvalue weighted by atomic mass is 16.5. The highest BCUT2D eigenvalue weighted by molar-refractivity contribution is 5.77. The topological polar surface area (TPSA) is 50.4 Å². The maximum absolute atomic E-state index is 11.3. The smallest absolute Gasteiger partial charge is 0.233 e. The zero-order valence-electron chi connectivity index (χ0n) is 11.2. The van der Waals surface area contributed by atoms with Crippen LogP contribution in [0.2, 0.25) is 0 Å². The molecule has 4 nitrogen and oxygen atoms in total. The van der Waals surface area contributed by atoms with E-state index in [9.17, 15) is 4.79 Å². The Kier molecular flexibility index (Phi) is 7.34. The monoisotopic (exact) mass is 230 g/mol. The number of rotatable bonds is 8. The van der Waals surface area contributed by atoms with Crippen LogP contribution in [0.3, 0.4) is 0 Å². The molecule has 0 rings (SSSR count). The van der Waals surface area contributed by atoms with Crippen molar-refractivity contribution < 1.29 is 9.53 Å². The Labute approximate surface area is 99.1 Å². The average molecular weight is 230 g/mol. The minimum absolute atomic E-state index is 0.0592. The fourth-order valence-electron chi connectivity index (χ4n) is 1.49. The van der Waals surface area contributed by atoms with E-state index in [1.807, 2.05) is 20.8 Å². The summed E-state index contributed by atoms with van der Waals surface area (Å²) in [6, 6.07) is 0.266. The number of nitrogens with one attached hydrogen (secondary N) is 2. The lowest BCUT2D eigenvalue weighted by Gasteiger charge is -2.27. The first-order valence-corrected chi connectivity index (χ1v) is 5.96. The van der Waals surface area contributed by atoms with Gasteiger partial charge in [0.25, 0.3) is 0 Å². The molecule has 0 spiro atoms. The molecule has 0 saturated heterocycles. The Bertz CT molecular complexity index is 205. The van der Waals surface area contributed by atoms with Gasteiger partial charge in [-0.3, -0.25) is 4.79 Å². The molecule has 4 heteroatoms. The third kappa shape index (κ3) is 7.65. The molecule has 0 fully saturated rings. The van der Waals surface area contributed by atoms with E-state index in [1.165, 1.54) is 0 Å². The number of hydrogen-bond donors (Lipinski definition) is 2. The molecule has 96 valence electrons. The van der Waals surface area contributed by atoms with Crippen molar-refractivity contribution in [2.45, 2.75) is 52.2 Å². The summed E-state index contributed by atoms with van der Waals surface area (Å²) >= 11 is 0. The van der Waals surface area contributed by atoms with Gasteiger partial charge in [0.1, 0.15) is 0 Å². The average Bonchev–Trinajstić information content (AvgIpc) is 2.23. The molecule has 0 aromatic heterocycles. The Morgan fingerprint density at radius 1 is 1.44 bits per heavy atom. The summed E-state index contributed by atoms with van der Waals surface area (Å²) in [5.41, 5.74) is -0.147. The van der Waals surface area contributed by atoms with Crippen molar-refractivity contribution in [3.8, 4) is 0 Å². The molecule has 0 aliphatic carbocycles. The first kappa shape index (κ1) is 15.4. The Hall–Kier alpha value is -0.610. The van der Waals surface area contributed by atoms with E-state index in [-0.39, 0.29) is 17.6 Å². The number of carbonyl (C=O) groups excluding carboxylic acids is 1. The third-order valence-corrected chi connectivity index (χ3v) is 2.53. The van der Waals surface area contributed by atoms with E-state index in [2.05, 4.69) is 17.6 Å². The van der Waals surface area contributed by atoms with Gasteiger partial charge in [0.2, 0.25) is 5.91 Å². The lowest BCUT2D eigenvalue weighted by Crippen LogP contribution is -2.41. The molecular weight excluding hydrogens is 204 g/mol. The van der Waals surface area contributed by atoms with Crippen LogP contribution in [-0.4, -0.2) is 37.7 Å². The van der Waals surface area contributed by atoms with E-state index >= 15 is 0 Å². The molecule has 1 unspecified atom stereocenters. The van der Waals surface area contributed by atoms with Crippen molar-refractivity contribution in [2.24, 2.45) is 0 Å². The lowest BCUT2D eigenvalue weighted by atomic mass is 10.00. The van der Waals surface area contributed by atoms with Crippen molar-refractivity contribution in [1.29, 1.82) is 0 Å². The summed E-state index contributed by atoms with van der Waals surface area (Å²) in [6.07, 6.45) is 1.85. The van der Waals surface area contributed by atoms with Gasteiger partial charge in [0.05, 0.1) is 12.1 Å². The van der Waals surface area contributed by atoms with Crippen molar-refractivity contribution >= 4 is 5.91 Å². The second kappa shape index (κ2) is 7.63. The minimum atomic E-state index is -0.147. The normalized spacial score (nSPS) is 13.6. The van der Waals surface area contributed by atoms with Gasteiger partial charge in [-0.15, -0.1) is 0 Å². The summed E-state index contributed by atoms with van der Waals surface area (Å²) < 4.78 is 5.34. The summed E-state index contributed by atoms with van der Waals surface area (Å²) in [5.74, 6) is 0.0592. The zero-order valence-corrected chi connectivity index (χ0v) is 11.2. The van der Waals surface area contributed by atoms with Gasteiger partial charge in [-0.25, -0.2) is 0 Å². The summed E-state index contributed by atoms with van der Waals surface area (Å²) in [6.45, 7) is 9.31. The van der Waals surface area contributed by atoms with E-state index in [0.29, 0.717) is 6.54 Å². The molecule has 1 atom stereocenters. The molecule has 0 aliphatic heterocycles. The fraction of sp³-hybridized carbons (Fsp3) is 0.917.